The van der Waals surface area contributed by atoms with E-state index >= 15 is 0 Å². The third-order valence-electron chi connectivity index (χ3n) is 4.33. The highest BCUT2D eigenvalue weighted by Gasteiger charge is 2.29. The molecule has 0 aliphatic heterocycles. The average Bonchev–Trinajstić information content (AvgIpc) is 2.76. The van der Waals surface area contributed by atoms with Crippen LogP contribution in [0, 0.1) is 0 Å². The van der Waals surface area contributed by atoms with Crippen LogP contribution in [-0.4, -0.2) is 58.6 Å². The minimum absolute atomic E-state index is 0.0248. The second-order valence-electron chi connectivity index (χ2n) is 6.53. The molecular formula is C21H23N3O7. The fourth-order valence-corrected chi connectivity index (χ4v) is 2.76. The number of carboxylic acid groups (broad SMARTS) is 2. The molecule has 3 amide bonds. The number of carbonyl (C=O) groups excluding carboxylic acids is 2. The lowest BCUT2D eigenvalue weighted by Gasteiger charge is -2.20. The summed E-state index contributed by atoms with van der Waals surface area (Å²) in [7, 11) is 0. The maximum atomic E-state index is 12.0. The molecule has 1 unspecified atom stereocenters. The van der Waals surface area contributed by atoms with Crippen LogP contribution < -0.4 is 15.8 Å². The van der Waals surface area contributed by atoms with Gasteiger partial charge in [0.25, 0.3) is 5.91 Å². The van der Waals surface area contributed by atoms with Gasteiger partial charge in [0.1, 0.15) is 18.4 Å². The van der Waals surface area contributed by atoms with Crippen molar-refractivity contribution < 1.29 is 34.1 Å². The van der Waals surface area contributed by atoms with Gasteiger partial charge in [-0.25, -0.2) is 14.5 Å². The normalized spacial score (nSPS) is 11.3. The highest BCUT2D eigenvalue weighted by Crippen LogP contribution is 2.17. The number of hydrogen-bond acceptors (Lipinski definition) is 6. The van der Waals surface area contributed by atoms with Crippen LogP contribution in [0.1, 0.15) is 21.5 Å². The molecule has 2 rings (SSSR count). The van der Waals surface area contributed by atoms with Crippen molar-refractivity contribution in [3.63, 3.8) is 0 Å². The Morgan fingerprint density at radius 3 is 2.39 bits per heavy atom. The first-order valence-electron chi connectivity index (χ1n) is 9.34. The van der Waals surface area contributed by atoms with Crippen molar-refractivity contribution in [2.75, 3.05) is 13.1 Å². The summed E-state index contributed by atoms with van der Waals surface area (Å²) >= 11 is 0. The van der Waals surface area contributed by atoms with Gasteiger partial charge in [0.15, 0.2) is 0 Å². The number of amides is 3. The highest BCUT2D eigenvalue weighted by atomic mass is 16.5. The molecule has 10 nitrogen and oxygen atoms in total. The quantitative estimate of drug-likeness (QED) is 0.386. The van der Waals surface area contributed by atoms with Crippen LogP contribution in [0.3, 0.4) is 0 Å². The smallest absolute Gasteiger partial charge is 0.414 e. The summed E-state index contributed by atoms with van der Waals surface area (Å²) in [4.78, 5) is 45.5. The number of rotatable bonds is 11. The standard InChI is InChI=1S/C21H23N3O7/c22-8-9-23-19(26)16-3-1-2-15(10-16)12-31-17-6-4-14(5-7-17)11-18(20(27)28)24(13-25)21(29)30/h1-7,10,13,18H,8-9,11-12,22H2,(H,23,26)(H,27,28)(H,29,30). The molecule has 2 aromatic rings. The van der Waals surface area contributed by atoms with Crippen LogP contribution in [0.25, 0.3) is 0 Å². The fraction of sp³-hybridized carbons (Fsp3) is 0.238. The highest BCUT2D eigenvalue weighted by molar-refractivity contribution is 5.94. The maximum absolute atomic E-state index is 12.0. The predicted molar refractivity (Wildman–Crippen MR) is 110 cm³/mol. The van der Waals surface area contributed by atoms with E-state index in [0.717, 1.165) is 5.56 Å². The van der Waals surface area contributed by atoms with E-state index in [4.69, 9.17) is 15.6 Å². The molecule has 31 heavy (non-hydrogen) atoms. The van der Waals surface area contributed by atoms with Gasteiger partial charge in [0.2, 0.25) is 6.41 Å². The Labute approximate surface area is 178 Å². The Balaban J connectivity index is 2.00. The lowest BCUT2D eigenvalue weighted by molar-refractivity contribution is -0.145. The van der Waals surface area contributed by atoms with Gasteiger partial charge in [0.05, 0.1) is 0 Å². The molecule has 10 heteroatoms. The molecule has 2 aromatic carbocycles. The maximum Gasteiger partial charge on any atom is 0.414 e. The zero-order valence-electron chi connectivity index (χ0n) is 16.6. The van der Waals surface area contributed by atoms with E-state index in [-0.39, 0.29) is 30.2 Å². The van der Waals surface area contributed by atoms with Crippen LogP contribution in [-0.2, 0) is 22.6 Å². The summed E-state index contributed by atoms with van der Waals surface area (Å²) in [6.07, 6.45) is -1.84. The Bertz CT molecular complexity index is 931. The number of nitrogens with two attached hydrogens (primary N) is 1. The molecule has 0 radical (unpaired) electrons. The summed E-state index contributed by atoms with van der Waals surface area (Å²) in [6, 6.07) is 11.8. The Morgan fingerprint density at radius 2 is 1.81 bits per heavy atom. The van der Waals surface area contributed by atoms with Gasteiger partial charge in [-0.1, -0.05) is 24.3 Å². The van der Waals surface area contributed by atoms with Gasteiger partial charge in [-0.3, -0.25) is 9.59 Å². The van der Waals surface area contributed by atoms with Crippen LogP contribution in [0.4, 0.5) is 4.79 Å². The second-order valence-corrected chi connectivity index (χ2v) is 6.53. The first-order valence-corrected chi connectivity index (χ1v) is 9.34. The summed E-state index contributed by atoms with van der Waals surface area (Å²) in [5.74, 6) is -1.15. The summed E-state index contributed by atoms with van der Waals surface area (Å²) in [6.45, 7) is 0.931. The van der Waals surface area contributed by atoms with E-state index in [2.05, 4.69) is 5.32 Å². The minimum atomic E-state index is -1.64. The zero-order valence-corrected chi connectivity index (χ0v) is 16.6. The van der Waals surface area contributed by atoms with Gasteiger partial charge >= 0.3 is 12.1 Å². The molecule has 1 atom stereocenters. The van der Waals surface area contributed by atoms with E-state index < -0.39 is 18.1 Å². The zero-order chi connectivity index (χ0) is 22.8. The van der Waals surface area contributed by atoms with Crippen LogP contribution in [0.2, 0.25) is 0 Å². The van der Waals surface area contributed by atoms with Crippen molar-refractivity contribution >= 4 is 24.4 Å². The van der Waals surface area contributed by atoms with Gasteiger partial charge in [0, 0.05) is 25.1 Å². The number of aliphatic carboxylic acids is 1. The summed E-state index contributed by atoms with van der Waals surface area (Å²) < 4.78 is 5.69. The number of nitrogens with one attached hydrogen (secondary N) is 1. The molecule has 164 valence electrons. The van der Waals surface area contributed by atoms with E-state index in [0.29, 0.717) is 30.0 Å². The number of nitrogens with zero attached hydrogens (tertiary/aromatic N) is 1. The number of ether oxygens (including phenoxy) is 1. The lowest BCUT2D eigenvalue weighted by Crippen LogP contribution is -2.44. The molecule has 0 saturated heterocycles. The molecule has 5 N–H and O–H groups in total. The minimum Gasteiger partial charge on any atom is -0.489 e. The molecule has 0 aliphatic rings. The van der Waals surface area contributed by atoms with E-state index in [9.17, 15) is 24.3 Å². The average molecular weight is 429 g/mol. The van der Waals surface area contributed by atoms with Crippen molar-refractivity contribution in [2.45, 2.75) is 19.1 Å². The SMILES string of the molecule is NCCNC(=O)c1cccc(COc2ccc(CC(C(=O)O)N(C=O)C(=O)O)cc2)c1. The van der Waals surface area contributed by atoms with Crippen molar-refractivity contribution in [3.05, 3.63) is 65.2 Å². The van der Waals surface area contributed by atoms with Gasteiger partial charge in [-0.2, -0.15) is 0 Å². The molecule has 0 spiro atoms. The third kappa shape index (κ3) is 6.82. The van der Waals surface area contributed by atoms with Crippen molar-refractivity contribution in [2.24, 2.45) is 5.73 Å². The molecular weight excluding hydrogens is 406 g/mol. The summed E-state index contributed by atoms with van der Waals surface area (Å²) in [5.41, 5.74) is 7.16. The molecule has 0 aliphatic carbocycles. The first-order chi connectivity index (χ1) is 14.8. The molecule has 0 aromatic heterocycles. The van der Waals surface area contributed by atoms with Crippen LogP contribution in [0.5, 0.6) is 5.75 Å². The molecule has 0 heterocycles. The number of carbonyl (C=O) groups is 4. The van der Waals surface area contributed by atoms with Crippen molar-refractivity contribution in [1.82, 2.24) is 10.2 Å². The Morgan fingerprint density at radius 1 is 1.10 bits per heavy atom. The van der Waals surface area contributed by atoms with Crippen molar-refractivity contribution in [1.29, 1.82) is 0 Å². The predicted octanol–water partition coefficient (Wildman–Crippen LogP) is 1.09. The molecule has 0 fully saturated rings. The first kappa shape index (κ1) is 23.4. The topological polar surface area (TPSA) is 159 Å². The number of hydrogen-bond donors (Lipinski definition) is 4. The van der Waals surface area contributed by atoms with E-state index in [1.165, 1.54) is 0 Å². The summed E-state index contributed by atoms with van der Waals surface area (Å²) in [5, 5.41) is 20.9. The Hall–Kier alpha value is -3.92. The number of benzene rings is 2. The van der Waals surface area contributed by atoms with Crippen molar-refractivity contribution in [3.8, 4) is 5.75 Å². The largest absolute Gasteiger partial charge is 0.489 e. The van der Waals surface area contributed by atoms with Crippen LogP contribution >= 0.6 is 0 Å². The van der Waals surface area contributed by atoms with Gasteiger partial charge in [-0.15, -0.1) is 0 Å². The lowest BCUT2D eigenvalue weighted by atomic mass is 10.1. The molecule has 0 bridgehead atoms. The number of carboxylic acids is 1. The third-order valence-corrected chi connectivity index (χ3v) is 4.33. The van der Waals surface area contributed by atoms with Gasteiger partial charge < -0.3 is 26.0 Å². The van der Waals surface area contributed by atoms with E-state index in [1.807, 2.05) is 6.07 Å². The number of imide groups is 1. The van der Waals surface area contributed by atoms with Gasteiger partial charge in [-0.05, 0) is 35.4 Å². The fourth-order valence-electron chi connectivity index (χ4n) is 2.76. The second kappa shape index (κ2) is 11.3. The Kier molecular flexibility index (Phi) is 8.52. The van der Waals surface area contributed by atoms with E-state index in [1.54, 1.807) is 42.5 Å². The monoisotopic (exact) mass is 429 g/mol. The van der Waals surface area contributed by atoms with Crippen LogP contribution in [0.15, 0.2) is 48.5 Å². The molecule has 0 saturated carbocycles.